The van der Waals surface area contributed by atoms with E-state index in [4.69, 9.17) is 5.73 Å². The van der Waals surface area contributed by atoms with Crippen LogP contribution < -0.4 is 10.6 Å². The van der Waals surface area contributed by atoms with Crippen molar-refractivity contribution in [1.82, 2.24) is 0 Å². The Morgan fingerprint density at radius 1 is 1.53 bits per heavy atom. The molecule has 0 bridgehead atoms. The fourth-order valence-corrected chi connectivity index (χ4v) is 2.21. The summed E-state index contributed by atoms with van der Waals surface area (Å²) in [6.45, 7) is 0.220. The van der Waals surface area contributed by atoms with Crippen LogP contribution in [0.5, 0.6) is 5.75 Å². The maximum atomic E-state index is 11.7. The highest BCUT2D eigenvalue weighted by Crippen LogP contribution is 2.37. The van der Waals surface area contributed by atoms with Crippen LogP contribution in [0, 0.1) is 5.92 Å². The molecule has 1 unspecified atom stereocenters. The van der Waals surface area contributed by atoms with Crippen LogP contribution in [-0.4, -0.2) is 23.5 Å². The number of aromatic hydroxyl groups is 1. The summed E-state index contributed by atoms with van der Waals surface area (Å²) >= 11 is 3.18. The summed E-state index contributed by atoms with van der Waals surface area (Å²) in [5.41, 5.74) is 5.58. The normalized spacial score (nSPS) is 19.7. The number of benzene rings is 1. The van der Waals surface area contributed by atoms with E-state index in [0.717, 1.165) is 0 Å². The molecule has 1 aromatic carbocycles. The van der Waals surface area contributed by atoms with Gasteiger partial charge in [-0.3, -0.25) is 9.59 Å². The molecule has 0 aromatic heterocycles. The molecular weight excluding hydrogens is 288 g/mol. The van der Waals surface area contributed by atoms with E-state index in [-0.39, 0.29) is 24.6 Å². The Hall–Kier alpha value is -1.56. The van der Waals surface area contributed by atoms with Crippen molar-refractivity contribution in [2.45, 2.75) is 6.42 Å². The maximum Gasteiger partial charge on any atom is 0.227 e. The lowest BCUT2D eigenvalue weighted by Crippen LogP contribution is -2.28. The second kappa shape index (κ2) is 4.37. The lowest BCUT2D eigenvalue weighted by Gasteiger charge is -2.18. The zero-order valence-electron chi connectivity index (χ0n) is 8.89. The van der Waals surface area contributed by atoms with E-state index in [0.29, 0.717) is 10.2 Å². The van der Waals surface area contributed by atoms with E-state index in [9.17, 15) is 14.7 Å². The Morgan fingerprint density at radius 3 is 2.82 bits per heavy atom. The number of primary amides is 1. The van der Waals surface area contributed by atoms with Crippen LogP contribution in [0.25, 0.3) is 0 Å². The van der Waals surface area contributed by atoms with E-state index in [1.54, 1.807) is 18.2 Å². The number of carbonyl (C=O) groups excluding carboxylic acids is 2. The predicted molar refractivity (Wildman–Crippen MR) is 65.5 cm³/mol. The van der Waals surface area contributed by atoms with Gasteiger partial charge in [0.25, 0.3) is 0 Å². The van der Waals surface area contributed by atoms with E-state index in [1.165, 1.54) is 4.90 Å². The van der Waals surface area contributed by atoms with Gasteiger partial charge in [-0.2, -0.15) is 0 Å². The van der Waals surface area contributed by atoms with Crippen LogP contribution in [0.4, 0.5) is 5.69 Å². The highest BCUT2D eigenvalue weighted by Gasteiger charge is 2.35. The topological polar surface area (TPSA) is 83.6 Å². The monoisotopic (exact) mass is 298 g/mol. The first-order valence-corrected chi connectivity index (χ1v) is 5.87. The van der Waals surface area contributed by atoms with E-state index < -0.39 is 11.8 Å². The minimum Gasteiger partial charge on any atom is -0.505 e. The second-order valence-electron chi connectivity index (χ2n) is 3.92. The molecule has 6 heteroatoms. The summed E-state index contributed by atoms with van der Waals surface area (Å²) in [7, 11) is 0. The molecule has 3 N–H and O–H groups in total. The molecule has 1 aliphatic rings. The molecule has 1 atom stereocenters. The van der Waals surface area contributed by atoms with Crippen molar-refractivity contribution in [2.24, 2.45) is 11.7 Å². The number of hydrogen-bond acceptors (Lipinski definition) is 3. The van der Waals surface area contributed by atoms with Gasteiger partial charge in [-0.25, -0.2) is 0 Å². The number of nitrogens with two attached hydrogens (primary N) is 1. The molecule has 1 saturated heterocycles. The SMILES string of the molecule is NC(=O)C1CC(=O)N(c2cccc(Br)c2O)C1. The van der Waals surface area contributed by atoms with Gasteiger partial charge in [-0.05, 0) is 28.1 Å². The number of phenols is 1. The third-order valence-electron chi connectivity index (χ3n) is 2.78. The molecule has 1 heterocycles. The molecule has 17 heavy (non-hydrogen) atoms. The largest absolute Gasteiger partial charge is 0.505 e. The number of para-hydroxylation sites is 1. The minimum absolute atomic E-state index is 0.00836. The Bertz CT molecular complexity index is 490. The lowest BCUT2D eigenvalue weighted by molar-refractivity contribution is -0.123. The molecule has 1 aromatic rings. The van der Waals surface area contributed by atoms with E-state index >= 15 is 0 Å². The van der Waals surface area contributed by atoms with Crippen molar-refractivity contribution >= 4 is 33.4 Å². The zero-order chi connectivity index (χ0) is 12.6. The number of anilines is 1. The molecule has 90 valence electrons. The average molecular weight is 299 g/mol. The third kappa shape index (κ3) is 2.12. The Kier molecular flexibility index (Phi) is 3.06. The maximum absolute atomic E-state index is 11.7. The molecule has 2 amide bonds. The van der Waals surface area contributed by atoms with Gasteiger partial charge in [-0.15, -0.1) is 0 Å². The summed E-state index contributed by atoms with van der Waals surface area (Å²) in [4.78, 5) is 24.2. The van der Waals surface area contributed by atoms with Crippen molar-refractivity contribution in [3.05, 3.63) is 22.7 Å². The van der Waals surface area contributed by atoms with E-state index in [2.05, 4.69) is 15.9 Å². The average Bonchev–Trinajstić information content (AvgIpc) is 2.65. The van der Waals surface area contributed by atoms with Gasteiger partial charge in [0.15, 0.2) is 5.75 Å². The quantitative estimate of drug-likeness (QED) is 0.854. The number of rotatable bonds is 2. The van der Waals surface area contributed by atoms with Crippen molar-refractivity contribution < 1.29 is 14.7 Å². The third-order valence-corrected chi connectivity index (χ3v) is 3.42. The highest BCUT2D eigenvalue weighted by atomic mass is 79.9. The number of nitrogens with zero attached hydrogens (tertiary/aromatic N) is 1. The smallest absolute Gasteiger partial charge is 0.227 e. The van der Waals surface area contributed by atoms with Gasteiger partial charge in [0.1, 0.15) is 0 Å². The molecule has 5 nitrogen and oxygen atoms in total. The van der Waals surface area contributed by atoms with Crippen molar-refractivity contribution in [1.29, 1.82) is 0 Å². The van der Waals surface area contributed by atoms with Crippen LogP contribution >= 0.6 is 15.9 Å². The number of hydrogen-bond donors (Lipinski definition) is 2. The van der Waals surface area contributed by atoms with Crippen LogP contribution in [0.3, 0.4) is 0 Å². The first-order valence-electron chi connectivity index (χ1n) is 5.08. The van der Waals surface area contributed by atoms with Crippen LogP contribution in [-0.2, 0) is 9.59 Å². The fraction of sp³-hybridized carbons (Fsp3) is 0.273. The Morgan fingerprint density at radius 2 is 2.24 bits per heavy atom. The summed E-state index contributed by atoms with van der Waals surface area (Å²) in [5, 5.41) is 9.84. The van der Waals surface area contributed by atoms with Crippen molar-refractivity contribution in [3.8, 4) is 5.75 Å². The molecule has 0 saturated carbocycles. The highest BCUT2D eigenvalue weighted by molar-refractivity contribution is 9.10. The van der Waals surface area contributed by atoms with Crippen LogP contribution in [0.15, 0.2) is 22.7 Å². The van der Waals surface area contributed by atoms with Crippen LogP contribution in [0.2, 0.25) is 0 Å². The van der Waals surface area contributed by atoms with Gasteiger partial charge >= 0.3 is 0 Å². The first kappa shape index (κ1) is 11.9. The standard InChI is InChI=1S/C11H11BrN2O3/c12-7-2-1-3-8(10(7)16)14-5-6(11(13)17)4-9(14)15/h1-3,6,16H,4-5H2,(H2,13,17). The fourth-order valence-electron chi connectivity index (χ4n) is 1.85. The zero-order valence-corrected chi connectivity index (χ0v) is 10.5. The summed E-state index contributed by atoms with van der Waals surface area (Å²) in [6, 6.07) is 5.01. The molecule has 1 aliphatic heterocycles. The number of amides is 2. The molecule has 2 rings (SSSR count). The molecule has 0 radical (unpaired) electrons. The number of halogens is 1. The van der Waals surface area contributed by atoms with E-state index in [1.807, 2.05) is 0 Å². The van der Waals surface area contributed by atoms with Gasteiger partial charge in [0.2, 0.25) is 11.8 Å². The molecule has 0 aliphatic carbocycles. The molecule has 1 fully saturated rings. The van der Waals surface area contributed by atoms with Gasteiger partial charge in [0.05, 0.1) is 16.1 Å². The van der Waals surface area contributed by atoms with Gasteiger partial charge < -0.3 is 15.7 Å². The van der Waals surface area contributed by atoms with Crippen LogP contribution in [0.1, 0.15) is 6.42 Å². The number of phenolic OH excluding ortho intramolecular Hbond substituents is 1. The summed E-state index contributed by atoms with van der Waals surface area (Å²) in [5.74, 6) is -1.19. The molecule has 0 spiro atoms. The molecular formula is C11H11BrN2O3. The number of carbonyl (C=O) groups is 2. The van der Waals surface area contributed by atoms with Crippen molar-refractivity contribution in [3.63, 3.8) is 0 Å². The Labute approximate surface area is 106 Å². The first-order chi connectivity index (χ1) is 8.00. The Balaban J connectivity index is 2.32. The summed E-state index contributed by atoms with van der Waals surface area (Å²) in [6.07, 6.45) is 0.0985. The van der Waals surface area contributed by atoms with Gasteiger partial charge in [0, 0.05) is 13.0 Å². The summed E-state index contributed by atoms with van der Waals surface area (Å²) < 4.78 is 0.505. The second-order valence-corrected chi connectivity index (χ2v) is 4.77. The van der Waals surface area contributed by atoms with Gasteiger partial charge in [-0.1, -0.05) is 6.07 Å². The predicted octanol–water partition coefficient (Wildman–Crippen LogP) is 0.993. The van der Waals surface area contributed by atoms with Crippen molar-refractivity contribution in [2.75, 3.05) is 11.4 Å². The minimum atomic E-state index is -0.490. The lowest BCUT2D eigenvalue weighted by atomic mass is 10.1.